The first kappa shape index (κ1) is 31.4. The summed E-state index contributed by atoms with van der Waals surface area (Å²) in [5.41, 5.74) is 1.51. The number of amides is 2. The Morgan fingerprint density at radius 2 is 2.00 bits per heavy atom. The minimum Gasteiger partial charge on any atom is -0.494 e. The topological polar surface area (TPSA) is 123 Å². The van der Waals surface area contributed by atoms with Crippen molar-refractivity contribution < 1.29 is 18.7 Å². The van der Waals surface area contributed by atoms with Gasteiger partial charge in [0.05, 0.1) is 24.5 Å². The lowest BCUT2D eigenvalue weighted by Gasteiger charge is -2.37. The first-order chi connectivity index (χ1) is 21.5. The van der Waals surface area contributed by atoms with Crippen LogP contribution in [0, 0.1) is 11.2 Å². The number of fused-ring (bicyclic) bond motifs is 2. The number of hydrogen-bond acceptors (Lipinski definition) is 7. The van der Waals surface area contributed by atoms with Crippen molar-refractivity contribution >= 4 is 57.4 Å². The maximum absolute atomic E-state index is 16.4. The molecule has 1 saturated heterocycles. The average Bonchev–Trinajstić information content (AvgIpc) is 3.71. The molecule has 2 amide bonds. The highest BCUT2D eigenvalue weighted by Crippen LogP contribution is 2.57. The van der Waals surface area contributed by atoms with Gasteiger partial charge in [-0.05, 0) is 63.2 Å². The van der Waals surface area contributed by atoms with E-state index in [1.165, 1.54) is 18.1 Å². The van der Waals surface area contributed by atoms with Gasteiger partial charge in [-0.15, -0.1) is 5.10 Å². The number of halogens is 3. The van der Waals surface area contributed by atoms with E-state index in [4.69, 9.17) is 16.3 Å². The molecule has 10 nitrogen and oxygen atoms in total. The van der Waals surface area contributed by atoms with Crippen LogP contribution in [0.4, 0.5) is 15.8 Å². The predicted octanol–water partition coefficient (Wildman–Crippen LogP) is 5.79. The molecule has 0 unspecified atom stereocenters. The molecule has 3 aromatic carbocycles. The molecular formula is C32H32ClFIN7O3. The van der Waals surface area contributed by atoms with E-state index in [2.05, 4.69) is 74.8 Å². The van der Waals surface area contributed by atoms with Crippen LogP contribution in [0.15, 0.2) is 60.9 Å². The summed E-state index contributed by atoms with van der Waals surface area (Å²) in [6.07, 6.45) is 1.98. The van der Waals surface area contributed by atoms with Gasteiger partial charge in [-0.2, -0.15) is 0 Å². The van der Waals surface area contributed by atoms with Crippen LogP contribution in [0.5, 0.6) is 5.75 Å². The number of methoxy groups -OCH3 is 1. The van der Waals surface area contributed by atoms with Gasteiger partial charge in [0, 0.05) is 33.2 Å². The third-order valence-corrected chi connectivity index (χ3v) is 9.61. The summed E-state index contributed by atoms with van der Waals surface area (Å²) in [6.45, 7) is 6.23. The zero-order valence-electron chi connectivity index (χ0n) is 25.1. The second kappa shape index (κ2) is 12.0. The first-order valence-electron chi connectivity index (χ1n) is 14.4. The number of hydrogen-bond donors (Lipinski definition) is 3. The van der Waals surface area contributed by atoms with Gasteiger partial charge >= 0.3 is 0 Å². The number of rotatable bonds is 7. The standard InChI is InChI=1S/C32H32ClFIN7O3/c1-31(2,3)14-25-32(21-10-8-18(33)12-23(21)38-30(32)44)26(20-7-5-6-17(15-35)27(20)34)28(39-25)29(43)37-22-11-9-19(13-24(22)45-4)42-16-36-40-41-42/h5-13,16,25-26,28,39H,14-15H2,1-4H3,(H,37,43)(H,38,44)/t25-,26-,28+,32+/m0/s1. The van der Waals surface area contributed by atoms with E-state index >= 15 is 4.39 Å². The summed E-state index contributed by atoms with van der Waals surface area (Å²) < 4.78 is 23.9. The van der Waals surface area contributed by atoms with Gasteiger partial charge in [-0.1, -0.05) is 79.2 Å². The maximum atomic E-state index is 16.4. The van der Waals surface area contributed by atoms with Crippen molar-refractivity contribution in [3.63, 3.8) is 0 Å². The van der Waals surface area contributed by atoms with E-state index in [1.54, 1.807) is 48.5 Å². The number of carbonyl (C=O) groups excluding carboxylic acids is 2. The van der Waals surface area contributed by atoms with Crippen molar-refractivity contribution in [3.05, 3.63) is 88.5 Å². The molecule has 4 aromatic rings. The molecular weight excluding hydrogens is 712 g/mol. The van der Waals surface area contributed by atoms with Crippen LogP contribution in [0.1, 0.15) is 49.8 Å². The lowest BCUT2D eigenvalue weighted by atomic mass is 9.62. The van der Waals surface area contributed by atoms with Crippen molar-refractivity contribution in [2.45, 2.75) is 55.0 Å². The van der Waals surface area contributed by atoms with E-state index in [0.29, 0.717) is 55.4 Å². The van der Waals surface area contributed by atoms with E-state index in [9.17, 15) is 9.59 Å². The van der Waals surface area contributed by atoms with E-state index in [0.717, 1.165) is 0 Å². The molecule has 1 spiro atoms. The Morgan fingerprint density at radius 1 is 1.20 bits per heavy atom. The minimum absolute atomic E-state index is 0.242. The number of aromatic nitrogens is 4. The molecule has 13 heteroatoms. The van der Waals surface area contributed by atoms with Gasteiger partial charge in [-0.3, -0.25) is 9.59 Å². The number of tetrazole rings is 1. The molecule has 2 aliphatic rings. The zero-order valence-corrected chi connectivity index (χ0v) is 28.0. The summed E-state index contributed by atoms with van der Waals surface area (Å²) in [5.74, 6) is -1.68. The number of ether oxygens (including phenoxy) is 1. The molecule has 4 atom stereocenters. The number of anilines is 2. The fraction of sp³-hybridized carbons (Fsp3) is 0.344. The number of alkyl halides is 1. The molecule has 0 radical (unpaired) electrons. The largest absolute Gasteiger partial charge is 0.494 e. The van der Waals surface area contributed by atoms with Crippen molar-refractivity contribution in [1.82, 2.24) is 25.5 Å². The predicted molar refractivity (Wildman–Crippen MR) is 178 cm³/mol. The highest BCUT2D eigenvalue weighted by atomic mass is 127. The summed E-state index contributed by atoms with van der Waals surface area (Å²) in [4.78, 5) is 28.8. The Bertz CT molecular complexity index is 1780. The fourth-order valence-corrected chi connectivity index (χ4v) is 7.51. The van der Waals surface area contributed by atoms with Crippen molar-refractivity contribution in [1.29, 1.82) is 0 Å². The van der Waals surface area contributed by atoms with Crippen LogP contribution in [0.3, 0.4) is 0 Å². The van der Waals surface area contributed by atoms with Crippen molar-refractivity contribution in [2.75, 3.05) is 17.7 Å². The summed E-state index contributed by atoms with van der Waals surface area (Å²) in [5, 5.41) is 21.3. The average molecular weight is 744 g/mol. The summed E-state index contributed by atoms with van der Waals surface area (Å²) in [7, 11) is 1.50. The van der Waals surface area contributed by atoms with Gasteiger partial charge in [0.1, 0.15) is 23.3 Å². The number of benzene rings is 3. The van der Waals surface area contributed by atoms with Crippen LogP contribution in [0.2, 0.25) is 5.02 Å². The second-order valence-electron chi connectivity index (χ2n) is 12.5. The number of carbonyl (C=O) groups is 2. The molecule has 1 aromatic heterocycles. The van der Waals surface area contributed by atoms with E-state index in [-0.39, 0.29) is 11.3 Å². The summed E-state index contributed by atoms with van der Waals surface area (Å²) >= 11 is 8.47. The zero-order chi connectivity index (χ0) is 32.1. The maximum Gasteiger partial charge on any atom is 0.242 e. The third-order valence-electron chi connectivity index (χ3n) is 8.55. The first-order valence-corrected chi connectivity index (χ1v) is 16.3. The number of nitrogens with zero attached hydrogens (tertiary/aromatic N) is 4. The summed E-state index contributed by atoms with van der Waals surface area (Å²) in [6, 6.07) is 14.1. The van der Waals surface area contributed by atoms with Gasteiger partial charge in [0.2, 0.25) is 11.8 Å². The molecule has 0 saturated carbocycles. The van der Waals surface area contributed by atoms with E-state index < -0.39 is 35.1 Å². The van der Waals surface area contributed by atoms with Gasteiger partial charge in [0.25, 0.3) is 0 Å². The Kier molecular flexibility index (Phi) is 8.33. The van der Waals surface area contributed by atoms with Crippen LogP contribution in [-0.2, 0) is 19.4 Å². The van der Waals surface area contributed by atoms with E-state index in [1.807, 2.05) is 6.07 Å². The number of nitrogens with one attached hydrogen (secondary N) is 3. The van der Waals surface area contributed by atoms with Gasteiger partial charge in [-0.25, -0.2) is 9.07 Å². The molecule has 2 aliphatic heterocycles. The fourth-order valence-electron chi connectivity index (χ4n) is 6.75. The normalized spacial score (nSPS) is 22.4. The molecule has 45 heavy (non-hydrogen) atoms. The third kappa shape index (κ3) is 5.46. The lowest BCUT2D eigenvalue weighted by Crippen LogP contribution is -2.49. The van der Waals surface area contributed by atoms with Crippen LogP contribution >= 0.6 is 34.2 Å². The SMILES string of the molecule is COc1cc(-n2cnnn2)ccc1NC(=O)[C@@H]1N[C@@H](CC(C)(C)C)[C@@]2(C(=O)Nc3cc(Cl)ccc32)[C@H]1c1cccc(CI)c1F. The Labute approximate surface area is 278 Å². The van der Waals surface area contributed by atoms with Crippen LogP contribution in [0.25, 0.3) is 5.69 Å². The molecule has 3 N–H and O–H groups in total. The van der Waals surface area contributed by atoms with Crippen LogP contribution in [-0.4, -0.2) is 51.2 Å². The molecule has 0 bridgehead atoms. The Morgan fingerprint density at radius 3 is 2.69 bits per heavy atom. The molecule has 234 valence electrons. The Hall–Kier alpha value is -3.62. The van der Waals surface area contributed by atoms with Crippen LogP contribution < -0.4 is 20.7 Å². The highest BCUT2D eigenvalue weighted by Gasteiger charge is 2.66. The lowest BCUT2D eigenvalue weighted by molar-refractivity contribution is -0.122. The molecule has 1 fully saturated rings. The van der Waals surface area contributed by atoms with Gasteiger partial charge < -0.3 is 20.7 Å². The smallest absolute Gasteiger partial charge is 0.242 e. The monoisotopic (exact) mass is 743 g/mol. The quantitative estimate of drug-likeness (QED) is 0.162. The second-order valence-corrected chi connectivity index (χ2v) is 13.7. The van der Waals surface area contributed by atoms with Crippen molar-refractivity contribution in [3.8, 4) is 11.4 Å². The van der Waals surface area contributed by atoms with Gasteiger partial charge in [0.15, 0.2) is 0 Å². The molecule has 6 rings (SSSR count). The van der Waals surface area contributed by atoms with Crippen molar-refractivity contribution in [2.24, 2.45) is 5.41 Å². The highest BCUT2D eigenvalue weighted by molar-refractivity contribution is 14.1. The Balaban J connectivity index is 1.51. The molecule has 3 heterocycles. The molecule has 0 aliphatic carbocycles. The minimum atomic E-state index is -1.31.